The number of halogens is 3. The van der Waals surface area contributed by atoms with Gasteiger partial charge in [-0.2, -0.15) is 13.2 Å². The molecule has 38 heavy (non-hydrogen) atoms. The van der Waals surface area contributed by atoms with Crippen LogP contribution in [0.5, 0.6) is 11.5 Å². The number of aromatic nitrogens is 1. The van der Waals surface area contributed by atoms with E-state index >= 15 is 0 Å². The Hall–Kier alpha value is -4.12. The van der Waals surface area contributed by atoms with Gasteiger partial charge in [-0.25, -0.2) is 0 Å². The molecule has 0 saturated carbocycles. The zero-order valence-corrected chi connectivity index (χ0v) is 20.4. The molecule has 2 N–H and O–H groups in total. The van der Waals surface area contributed by atoms with Crippen LogP contribution in [0.4, 0.5) is 24.5 Å². The van der Waals surface area contributed by atoms with E-state index in [9.17, 15) is 22.8 Å². The van der Waals surface area contributed by atoms with Crippen molar-refractivity contribution in [2.75, 3.05) is 31.0 Å². The van der Waals surface area contributed by atoms with E-state index in [2.05, 4.69) is 15.6 Å². The normalized spacial score (nSPS) is 16.6. The molecule has 8 nitrogen and oxygen atoms in total. The zero-order chi connectivity index (χ0) is 26.9. The fraction of sp³-hybridized carbons (Fsp3) is 0.296. The second kappa shape index (κ2) is 9.97. The van der Waals surface area contributed by atoms with Gasteiger partial charge in [-0.05, 0) is 48.0 Å². The molecule has 2 aromatic carbocycles. The molecule has 5 rings (SSSR count). The molecule has 3 aromatic rings. The van der Waals surface area contributed by atoms with E-state index < -0.39 is 23.4 Å². The number of nitrogens with zero attached hydrogens (tertiary/aromatic N) is 1. The summed E-state index contributed by atoms with van der Waals surface area (Å²) in [6, 6.07) is 12.1. The predicted molar refractivity (Wildman–Crippen MR) is 132 cm³/mol. The smallest absolute Gasteiger partial charge is 0.433 e. The molecule has 0 aliphatic carbocycles. The molecule has 198 valence electrons. The maximum absolute atomic E-state index is 13.0. The van der Waals surface area contributed by atoms with E-state index in [1.807, 2.05) is 0 Å². The van der Waals surface area contributed by atoms with Gasteiger partial charge in [0.15, 0.2) is 0 Å². The van der Waals surface area contributed by atoms with E-state index in [1.165, 1.54) is 13.2 Å². The van der Waals surface area contributed by atoms with Crippen LogP contribution in [-0.4, -0.2) is 42.7 Å². The summed E-state index contributed by atoms with van der Waals surface area (Å²) in [6.07, 6.45) is -2.34. The molecule has 0 bridgehead atoms. The number of rotatable bonds is 4. The maximum Gasteiger partial charge on any atom is 0.433 e. The van der Waals surface area contributed by atoms with E-state index in [0.717, 1.165) is 6.20 Å². The Morgan fingerprint density at radius 2 is 1.89 bits per heavy atom. The maximum atomic E-state index is 13.0. The first-order valence-corrected chi connectivity index (χ1v) is 11.9. The highest BCUT2D eigenvalue weighted by molar-refractivity contribution is 6.04. The molecule has 1 saturated heterocycles. The monoisotopic (exact) mass is 527 g/mol. The number of amides is 2. The number of carbonyl (C=O) groups excluding carboxylic acids is 2. The van der Waals surface area contributed by atoms with Crippen molar-refractivity contribution in [3.8, 4) is 22.6 Å². The minimum atomic E-state index is -4.67. The van der Waals surface area contributed by atoms with Gasteiger partial charge in [0.05, 0.1) is 32.4 Å². The lowest BCUT2D eigenvalue weighted by molar-refractivity contribution is -0.141. The summed E-state index contributed by atoms with van der Waals surface area (Å²) < 4.78 is 56.4. The van der Waals surface area contributed by atoms with E-state index in [4.69, 9.17) is 14.2 Å². The average molecular weight is 527 g/mol. The van der Waals surface area contributed by atoms with Crippen LogP contribution >= 0.6 is 0 Å². The summed E-state index contributed by atoms with van der Waals surface area (Å²) in [7, 11) is 1.50. The van der Waals surface area contributed by atoms with Crippen molar-refractivity contribution in [1.82, 2.24) is 4.98 Å². The summed E-state index contributed by atoms with van der Waals surface area (Å²) in [5.41, 5.74) is 0.203. The first-order chi connectivity index (χ1) is 18.2. The highest BCUT2D eigenvalue weighted by Crippen LogP contribution is 2.42. The Bertz CT molecular complexity index is 1390. The van der Waals surface area contributed by atoms with Crippen molar-refractivity contribution in [1.29, 1.82) is 0 Å². The van der Waals surface area contributed by atoms with E-state index in [0.29, 0.717) is 66.1 Å². The van der Waals surface area contributed by atoms with Gasteiger partial charge in [0.1, 0.15) is 22.8 Å². The van der Waals surface area contributed by atoms with Crippen LogP contribution in [0, 0.1) is 0 Å². The van der Waals surface area contributed by atoms with Crippen molar-refractivity contribution in [2.45, 2.75) is 31.0 Å². The predicted octanol–water partition coefficient (Wildman–Crippen LogP) is 5.30. The lowest BCUT2D eigenvalue weighted by atomic mass is 9.90. The first kappa shape index (κ1) is 25.5. The summed E-state index contributed by atoms with van der Waals surface area (Å²) in [6.45, 7) is 1.000. The highest BCUT2D eigenvalue weighted by Gasteiger charge is 2.40. The number of anilines is 2. The molecule has 0 radical (unpaired) electrons. The van der Waals surface area contributed by atoms with Gasteiger partial charge in [0.2, 0.25) is 5.91 Å². The number of hydrogen-bond acceptors (Lipinski definition) is 6. The Labute approximate surface area is 216 Å². The molecule has 2 amide bonds. The number of carbonyl (C=O) groups is 2. The number of benzene rings is 2. The summed E-state index contributed by atoms with van der Waals surface area (Å²) in [5, 5.41) is 5.53. The third-order valence-electron chi connectivity index (χ3n) is 6.55. The second-order valence-corrected chi connectivity index (χ2v) is 9.13. The number of alkyl halides is 3. The summed E-state index contributed by atoms with van der Waals surface area (Å²) in [5.74, 6) is 0.154. The Morgan fingerprint density at radius 1 is 1.11 bits per heavy atom. The summed E-state index contributed by atoms with van der Waals surface area (Å²) >= 11 is 0. The van der Waals surface area contributed by atoms with Crippen molar-refractivity contribution in [3.05, 3.63) is 66.0 Å². The second-order valence-electron chi connectivity index (χ2n) is 9.13. The van der Waals surface area contributed by atoms with Crippen molar-refractivity contribution in [3.63, 3.8) is 0 Å². The average Bonchev–Trinajstić information content (AvgIpc) is 3.02. The van der Waals surface area contributed by atoms with Gasteiger partial charge in [0.25, 0.3) is 5.91 Å². The van der Waals surface area contributed by atoms with Gasteiger partial charge in [-0.15, -0.1) is 0 Å². The molecule has 1 fully saturated rings. The third-order valence-corrected chi connectivity index (χ3v) is 6.55. The Kier molecular flexibility index (Phi) is 6.70. The molecule has 0 unspecified atom stereocenters. The van der Waals surface area contributed by atoms with Crippen LogP contribution in [0.3, 0.4) is 0 Å². The fourth-order valence-corrected chi connectivity index (χ4v) is 4.60. The highest BCUT2D eigenvalue weighted by atomic mass is 19.4. The first-order valence-electron chi connectivity index (χ1n) is 11.9. The number of nitrogens with one attached hydrogen (secondary N) is 2. The molecule has 3 heterocycles. The molecule has 1 spiro atoms. The number of fused-ring (bicyclic) bond motifs is 1. The van der Waals surface area contributed by atoms with Crippen LogP contribution in [0.15, 0.2) is 54.7 Å². The molecule has 11 heteroatoms. The van der Waals surface area contributed by atoms with Gasteiger partial charge in [-0.3, -0.25) is 14.6 Å². The van der Waals surface area contributed by atoms with Gasteiger partial charge < -0.3 is 24.8 Å². The number of pyridine rings is 1. The van der Waals surface area contributed by atoms with Crippen LogP contribution < -0.4 is 20.1 Å². The van der Waals surface area contributed by atoms with Crippen LogP contribution in [-0.2, 0) is 15.7 Å². The van der Waals surface area contributed by atoms with Crippen LogP contribution in [0.25, 0.3) is 11.1 Å². The van der Waals surface area contributed by atoms with Crippen LogP contribution in [0.2, 0.25) is 0 Å². The molecule has 0 atom stereocenters. The summed E-state index contributed by atoms with van der Waals surface area (Å²) in [4.78, 5) is 28.6. The van der Waals surface area contributed by atoms with Crippen molar-refractivity contribution in [2.24, 2.45) is 0 Å². The molecule has 1 aromatic heterocycles. The lowest BCUT2D eigenvalue weighted by Gasteiger charge is -2.35. The van der Waals surface area contributed by atoms with Gasteiger partial charge >= 0.3 is 6.18 Å². The SMILES string of the molecule is COc1ccc(NC(=O)c2ccnc(C(F)(F)F)c2)cc1-c1ccc2c(c1)OC1(CCOCC1)CC(=O)N2. The quantitative estimate of drug-likeness (QED) is 0.478. The number of methoxy groups -OCH3 is 1. The van der Waals surface area contributed by atoms with Crippen LogP contribution in [0.1, 0.15) is 35.3 Å². The lowest BCUT2D eigenvalue weighted by Crippen LogP contribution is -2.43. The van der Waals surface area contributed by atoms with Crippen molar-refractivity contribution >= 4 is 23.2 Å². The molecule has 2 aliphatic heterocycles. The standard InChI is InChI=1S/C27H24F3N3O5/c1-36-21-5-3-18(32-25(35)17-6-9-31-23(13-17)27(28,29)30)14-19(21)16-2-4-20-22(12-16)38-26(15-24(34)33-20)7-10-37-11-8-26/h2-6,9,12-14H,7-8,10-11,15H2,1H3,(H,32,35)(H,33,34). The molecular weight excluding hydrogens is 503 g/mol. The van der Waals surface area contributed by atoms with E-state index in [1.54, 1.807) is 36.4 Å². The fourth-order valence-electron chi connectivity index (χ4n) is 4.60. The minimum Gasteiger partial charge on any atom is -0.496 e. The minimum absolute atomic E-state index is 0.134. The van der Waals surface area contributed by atoms with Crippen molar-refractivity contribution < 1.29 is 37.0 Å². The number of ether oxygens (including phenoxy) is 3. The van der Waals surface area contributed by atoms with E-state index in [-0.39, 0.29) is 17.9 Å². The number of hydrogen-bond donors (Lipinski definition) is 2. The Balaban J connectivity index is 1.45. The van der Waals surface area contributed by atoms with Gasteiger partial charge in [-0.1, -0.05) is 6.07 Å². The topological polar surface area (TPSA) is 98.8 Å². The third kappa shape index (κ3) is 5.28. The largest absolute Gasteiger partial charge is 0.496 e. The molecule has 2 aliphatic rings. The Morgan fingerprint density at radius 3 is 2.63 bits per heavy atom. The zero-order valence-electron chi connectivity index (χ0n) is 20.4. The van der Waals surface area contributed by atoms with Gasteiger partial charge in [0, 0.05) is 35.9 Å². The molecular formula is C27H24F3N3O5.